The van der Waals surface area contributed by atoms with Crippen LogP contribution in [0.4, 0.5) is 8.78 Å². The van der Waals surface area contributed by atoms with Crippen molar-refractivity contribution in [1.82, 2.24) is 30.4 Å². The molecule has 1 aliphatic heterocycles. The van der Waals surface area contributed by atoms with Crippen LogP contribution < -0.4 is 16.4 Å². The Morgan fingerprint density at radius 1 is 1.04 bits per heavy atom. The summed E-state index contributed by atoms with van der Waals surface area (Å²) < 4.78 is 32.0. The fourth-order valence-electron chi connectivity index (χ4n) is 5.86. The highest BCUT2D eigenvalue weighted by atomic mass is 19.3. The minimum Gasteiger partial charge on any atom is -0.474 e. The van der Waals surface area contributed by atoms with E-state index in [9.17, 15) is 47.4 Å². The maximum absolute atomic E-state index is 14.5. The van der Waals surface area contributed by atoms with Crippen LogP contribution in [0.5, 0.6) is 0 Å². The van der Waals surface area contributed by atoms with E-state index in [0.29, 0.717) is 6.42 Å². The molecule has 0 saturated carbocycles. The lowest BCUT2D eigenvalue weighted by molar-refractivity contribution is -0.166. The number of aliphatic carboxylic acids is 1. The van der Waals surface area contributed by atoms with Gasteiger partial charge in [-0.25, -0.2) is 23.5 Å². The minimum atomic E-state index is -2.93. The Morgan fingerprint density at radius 3 is 2.30 bits per heavy atom. The molecule has 0 bridgehead atoms. The highest BCUT2D eigenvalue weighted by Crippen LogP contribution is 2.27. The largest absolute Gasteiger partial charge is 0.474 e. The number of hydrogen-bond acceptors (Lipinski definition) is 11. The quantitative estimate of drug-likeness (QED) is 0.169. The molecule has 2 aromatic rings. The van der Waals surface area contributed by atoms with Crippen LogP contribution in [-0.2, 0) is 40.1 Å². The van der Waals surface area contributed by atoms with Gasteiger partial charge in [-0.3, -0.25) is 33.8 Å². The predicted molar refractivity (Wildman–Crippen MR) is 187 cm³/mol. The Hall–Kier alpha value is -5.23. The number of rotatable bonds is 17. The van der Waals surface area contributed by atoms with E-state index in [1.807, 2.05) is 13.8 Å². The first-order valence-corrected chi connectivity index (χ1v) is 17.5. The van der Waals surface area contributed by atoms with Crippen molar-refractivity contribution in [1.29, 1.82) is 0 Å². The molecular weight excluding hydrogens is 712 g/mol. The number of nitrogens with two attached hydrogens (primary N) is 1. The molecule has 54 heavy (non-hydrogen) atoms. The third-order valence-corrected chi connectivity index (χ3v) is 8.83. The fraction of sp³-hybridized carbons (Fsp3) is 0.528. The summed E-state index contributed by atoms with van der Waals surface area (Å²) in [5.41, 5.74) is 6.34. The van der Waals surface area contributed by atoms with E-state index in [1.165, 1.54) is 18.6 Å². The van der Waals surface area contributed by atoms with Gasteiger partial charge in [0.15, 0.2) is 0 Å². The molecule has 0 unspecified atom stereocenters. The minimum absolute atomic E-state index is 0.0428. The molecule has 0 spiro atoms. The van der Waals surface area contributed by atoms with Crippen LogP contribution in [0.25, 0.3) is 0 Å². The van der Waals surface area contributed by atoms with Crippen molar-refractivity contribution in [2.75, 3.05) is 6.54 Å². The maximum atomic E-state index is 14.5. The molecule has 0 radical (unpaired) electrons. The van der Waals surface area contributed by atoms with Crippen LogP contribution in [0.3, 0.4) is 0 Å². The number of likely N-dealkylation sites (tertiary alicyclic amines) is 1. The average molecular weight is 760 g/mol. The number of carboxylic acid groups (broad SMARTS) is 1. The number of nitrogens with one attached hydrogen (secondary N) is 2. The van der Waals surface area contributed by atoms with Gasteiger partial charge < -0.3 is 31.1 Å². The molecule has 18 heteroatoms. The van der Waals surface area contributed by atoms with Crippen molar-refractivity contribution in [3.05, 3.63) is 60.2 Å². The van der Waals surface area contributed by atoms with E-state index in [-0.39, 0.29) is 42.5 Å². The van der Waals surface area contributed by atoms with Crippen LogP contribution >= 0.6 is 0 Å². The molecule has 1 fully saturated rings. The molecule has 2 heterocycles. The van der Waals surface area contributed by atoms with Gasteiger partial charge in [-0.1, -0.05) is 64.4 Å². The number of imide groups is 3. The second kappa shape index (κ2) is 20.3. The zero-order valence-corrected chi connectivity index (χ0v) is 30.5. The van der Waals surface area contributed by atoms with Gasteiger partial charge in [0.1, 0.15) is 23.8 Å². The van der Waals surface area contributed by atoms with Crippen molar-refractivity contribution in [2.24, 2.45) is 17.6 Å². The number of carbonyl (C=O) groups is 7. The number of nitrogens with zero attached hydrogens (tertiary/aromatic N) is 4. The Labute approximate surface area is 311 Å². The number of benzene rings is 1. The molecule has 6 amide bonds. The van der Waals surface area contributed by atoms with Gasteiger partial charge in [-0.05, 0) is 23.8 Å². The monoisotopic (exact) mass is 759 g/mol. The first-order chi connectivity index (χ1) is 25.5. The van der Waals surface area contributed by atoms with Gasteiger partial charge in [0, 0.05) is 44.2 Å². The number of carboxylic acids is 1. The zero-order chi connectivity index (χ0) is 40.1. The van der Waals surface area contributed by atoms with Crippen LogP contribution in [0, 0.1) is 11.8 Å². The number of aromatic nitrogens is 2. The fourth-order valence-corrected chi connectivity index (χ4v) is 5.86. The number of amides is 6. The summed E-state index contributed by atoms with van der Waals surface area (Å²) in [6.45, 7) is 6.86. The smallest absolute Gasteiger partial charge is 0.395 e. The molecular formula is C36H47F2N7O9. The van der Waals surface area contributed by atoms with Gasteiger partial charge in [0.2, 0.25) is 24.1 Å². The average Bonchev–Trinajstić information content (AvgIpc) is 3.56. The van der Waals surface area contributed by atoms with Crippen molar-refractivity contribution >= 4 is 41.4 Å². The van der Waals surface area contributed by atoms with Crippen LogP contribution in [0.1, 0.15) is 75.9 Å². The predicted octanol–water partition coefficient (Wildman–Crippen LogP) is 1.68. The summed E-state index contributed by atoms with van der Waals surface area (Å²) >= 11 is 0. The lowest BCUT2D eigenvalue weighted by atomic mass is 9.96. The Balaban J connectivity index is 1.98. The van der Waals surface area contributed by atoms with Crippen molar-refractivity contribution in [2.45, 2.75) is 103 Å². The van der Waals surface area contributed by atoms with Gasteiger partial charge in [-0.15, -0.1) is 0 Å². The molecule has 1 aromatic carbocycles. The van der Waals surface area contributed by atoms with Gasteiger partial charge in [-0.2, -0.15) is 0 Å². The molecule has 6 atom stereocenters. The number of ether oxygens (including phenoxy) is 1. The molecule has 3 rings (SSSR count). The summed E-state index contributed by atoms with van der Waals surface area (Å²) in [4.78, 5) is 102. The third kappa shape index (κ3) is 12.2. The van der Waals surface area contributed by atoms with Gasteiger partial charge >= 0.3 is 11.9 Å². The molecule has 16 nitrogen and oxygen atoms in total. The number of carbonyl (C=O) groups excluding carboxylic acids is 6. The van der Waals surface area contributed by atoms with E-state index in [1.54, 1.807) is 44.2 Å². The normalized spacial score (nSPS) is 17.7. The maximum Gasteiger partial charge on any atom is 0.395 e. The lowest BCUT2D eigenvalue weighted by Crippen LogP contribution is -2.60. The Kier molecular flexibility index (Phi) is 16.2. The van der Waals surface area contributed by atoms with Crippen LogP contribution in [-0.4, -0.2) is 110 Å². The molecule has 5 N–H and O–H groups in total. The number of halogens is 2. The first kappa shape index (κ1) is 43.2. The summed E-state index contributed by atoms with van der Waals surface area (Å²) in [7, 11) is 0. The van der Waals surface area contributed by atoms with E-state index in [4.69, 9.17) is 10.5 Å². The number of alkyl halides is 2. The number of hydrogen-bond donors (Lipinski definition) is 4. The van der Waals surface area contributed by atoms with E-state index in [0.717, 1.165) is 10.5 Å². The molecule has 1 aromatic heterocycles. The van der Waals surface area contributed by atoms with E-state index >= 15 is 0 Å². The highest BCUT2D eigenvalue weighted by Gasteiger charge is 2.48. The lowest BCUT2D eigenvalue weighted by Gasteiger charge is -2.33. The third-order valence-electron chi connectivity index (χ3n) is 8.83. The van der Waals surface area contributed by atoms with Crippen molar-refractivity contribution in [3.8, 4) is 0 Å². The molecule has 294 valence electrons. The topological polar surface area (TPSA) is 231 Å². The van der Waals surface area contributed by atoms with Gasteiger partial charge in [0.05, 0.1) is 18.9 Å². The van der Waals surface area contributed by atoms with Crippen LogP contribution in [0.2, 0.25) is 0 Å². The molecule has 1 aliphatic rings. The second-order valence-corrected chi connectivity index (χ2v) is 13.5. The Morgan fingerprint density at radius 2 is 1.72 bits per heavy atom. The zero-order valence-electron chi connectivity index (χ0n) is 30.5. The standard InChI is InChI=1S/C36H47F2N7O9/c1-5-21(4)30(43-31(47)25(13-20(2)3)42-32(48)26-17-40-11-12-41-26)34(50)44-18-24(54-19-22-9-7-6-8-10-22)16-27(44)33(49)45(35(51)36(52)53)29(46)15-23(39)14-28(37)38/h6-12,17,20-21,23-25,27-28,30H,5,13-16,18-19,39H2,1-4H3,(H,42,48)(H,43,47)(H,52,53)/t21-,23+,24+,25-,27-,30-/m0/s1. The van der Waals surface area contributed by atoms with Gasteiger partial charge in [0.25, 0.3) is 11.8 Å². The first-order valence-electron chi connectivity index (χ1n) is 17.5. The van der Waals surface area contributed by atoms with E-state index in [2.05, 4.69) is 20.6 Å². The summed E-state index contributed by atoms with van der Waals surface area (Å²) in [5.74, 6) is -9.86. The van der Waals surface area contributed by atoms with Crippen molar-refractivity contribution in [3.63, 3.8) is 0 Å². The summed E-state index contributed by atoms with van der Waals surface area (Å²) in [6.07, 6.45) is -1.59. The Bertz CT molecular complexity index is 1630. The van der Waals surface area contributed by atoms with E-state index < -0.39 is 96.9 Å². The second-order valence-electron chi connectivity index (χ2n) is 13.5. The SMILES string of the molecule is CC[C@H](C)[C@H](NC(=O)[C@H](CC(C)C)NC(=O)c1cnccn1)C(=O)N1C[C@H](OCc2ccccc2)C[C@H]1C(=O)N(C(=O)C[C@H](N)CC(F)F)C(=O)C(=O)O. The van der Waals surface area contributed by atoms with Crippen LogP contribution in [0.15, 0.2) is 48.9 Å². The summed E-state index contributed by atoms with van der Waals surface area (Å²) in [6, 6.07) is 3.29. The molecule has 0 aliphatic carbocycles. The highest BCUT2D eigenvalue weighted by molar-refractivity contribution is 6.38. The molecule has 1 saturated heterocycles. The van der Waals surface area contributed by atoms with Crippen molar-refractivity contribution < 1.29 is 52.2 Å². The summed E-state index contributed by atoms with van der Waals surface area (Å²) in [5, 5.41) is 14.9.